The third-order valence-electron chi connectivity index (χ3n) is 5.90. The molecule has 0 aliphatic carbocycles. The number of hydrogen-bond acceptors (Lipinski definition) is 7. The lowest BCUT2D eigenvalue weighted by atomic mass is 10.1. The standard InChI is InChI=1S/C20H23ClN6O2/c1-12-18-16(23-13(2)24-19(18)25-6-3-7-25)11-27(12)20(28)29-15-9-26(10-15)14-4-5-22-17(21)8-14/h4-5,8,12,15H,3,6-7,9-11H2,1-2H3/t12-/m1/s1. The van der Waals surface area contributed by atoms with E-state index < -0.39 is 0 Å². The Balaban J connectivity index is 1.25. The van der Waals surface area contributed by atoms with E-state index in [1.54, 1.807) is 11.1 Å². The Bertz CT molecular complexity index is 960. The number of pyridine rings is 1. The molecule has 0 aromatic carbocycles. The molecule has 29 heavy (non-hydrogen) atoms. The summed E-state index contributed by atoms with van der Waals surface area (Å²) in [5.41, 5.74) is 2.99. The first-order valence-corrected chi connectivity index (χ1v) is 10.3. The zero-order valence-corrected chi connectivity index (χ0v) is 17.3. The van der Waals surface area contributed by atoms with Crippen LogP contribution >= 0.6 is 11.6 Å². The Morgan fingerprint density at radius 2 is 2.03 bits per heavy atom. The van der Waals surface area contributed by atoms with Crippen molar-refractivity contribution in [1.29, 1.82) is 0 Å². The van der Waals surface area contributed by atoms with E-state index in [0.29, 0.717) is 24.8 Å². The van der Waals surface area contributed by atoms with Crippen LogP contribution < -0.4 is 9.80 Å². The SMILES string of the molecule is Cc1nc2c(c(N3CCC3)n1)[C@@H](C)N(C(=O)OC1CN(c3ccnc(Cl)c3)C1)C2. The Morgan fingerprint density at radius 3 is 2.72 bits per heavy atom. The fourth-order valence-corrected chi connectivity index (χ4v) is 4.31. The second-order valence-corrected chi connectivity index (χ2v) is 8.23. The van der Waals surface area contributed by atoms with Crippen molar-refractivity contribution in [1.82, 2.24) is 19.9 Å². The van der Waals surface area contributed by atoms with Gasteiger partial charge in [0.05, 0.1) is 31.4 Å². The van der Waals surface area contributed by atoms with Crippen LogP contribution in [-0.2, 0) is 11.3 Å². The highest BCUT2D eigenvalue weighted by molar-refractivity contribution is 6.29. The molecule has 2 fully saturated rings. The van der Waals surface area contributed by atoms with E-state index in [1.807, 2.05) is 26.0 Å². The average Bonchev–Trinajstić information content (AvgIpc) is 2.92. The number of rotatable bonds is 3. The Kier molecular flexibility index (Phi) is 4.46. The fraction of sp³-hybridized carbons (Fsp3) is 0.500. The molecular weight excluding hydrogens is 392 g/mol. The van der Waals surface area contributed by atoms with Gasteiger partial charge in [-0.3, -0.25) is 4.90 Å². The molecule has 3 aliphatic rings. The van der Waals surface area contributed by atoms with Gasteiger partial charge in [0, 0.05) is 30.5 Å². The number of nitrogens with zero attached hydrogens (tertiary/aromatic N) is 6. The van der Waals surface area contributed by atoms with Gasteiger partial charge in [-0.05, 0) is 32.4 Å². The van der Waals surface area contributed by atoms with Gasteiger partial charge in [0.2, 0.25) is 0 Å². The summed E-state index contributed by atoms with van der Waals surface area (Å²) < 4.78 is 5.76. The van der Waals surface area contributed by atoms with Crippen LogP contribution in [-0.4, -0.2) is 58.2 Å². The minimum atomic E-state index is -0.292. The lowest BCUT2D eigenvalue weighted by molar-refractivity contribution is 0.0426. The van der Waals surface area contributed by atoms with Gasteiger partial charge in [-0.25, -0.2) is 19.7 Å². The van der Waals surface area contributed by atoms with Crippen LogP contribution in [0.2, 0.25) is 5.15 Å². The summed E-state index contributed by atoms with van der Waals surface area (Å²) >= 11 is 5.95. The topological polar surface area (TPSA) is 74.7 Å². The number of anilines is 2. The molecule has 0 radical (unpaired) electrons. The molecule has 1 amide bonds. The van der Waals surface area contributed by atoms with Crippen molar-refractivity contribution in [2.24, 2.45) is 0 Å². The third kappa shape index (κ3) is 3.25. The molecule has 0 saturated carbocycles. The number of aromatic nitrogens is 3. The average molecular weight is 415 g/mol. The van der Waals surface area contributed by atoms with E-state index in [-0.39, 0.29) is 18.2 Å². The minimum absolute atomic E-state index is 0.0936. The molecule has 0 bridgehead atoms. The molecule has 0 unspecified atom stereocenters. The largest absolute Gasteiger partial charge is 0.442 e. The summed E-state index contributed by atoms with van der Waals surface area (Å²) in [7, 11) is 0. The van der Waals surface area contributed by atoms with E-state index in [1.165, 1.54) is 6.42 Å². The monoisotopic (exact) mass is 414 g/mol. The van der Waals surface area contributed by atoms with Crippen molar-refractivity contribution < 1.29 is 9.53 Å². The maximum atomic E-state index is 12.9. The summed E-state index contributed by atoms with van der Waals surface area (Å²) in [5, 5.41) is 0.459. The Labute approximate surface area is 174 Å². The van der Waals surface area contributed by atoms with Crippen molar-refractivity contribution in [3.05, 3.63) is 40.6 Å². The predicted molar refractivity (Wildman–Crippen MR) is 109 cm³/mol. The summed E-state index contributed by atoms with van der Waals surface area (Å²) in [5.74, 6) is 1.73. The Hall–Kier alpha value is -2.61. The van der Waals surface area contributed by atoms with Crippen LogP contribution in [0.4, 0.5) is 16.3 Å². The molecule has 3 aliphatic heterocycles. The summed E-state index contributed by atoms with van der Waals surface area (Å²) in [6.07, 6.45) is 2.44. The molecule has 5 heterocycles. The van der Waals surface area contributed by atoms with Crippen LogP contribution in [0.15, 0.2) is 18.3 Å². The number of carbonyl (C=O) groups is 1. The van der Waals surface area contributed by atoms with Gasteiger partial charge >= 0.3 is 6.09 Å². The van der Waals surface area contributed by atoms with Gasteiger partial charge in [-0.15, -0.1) is 0 Å². The molecule has 8 nitrogen and oxygen atoms in total. The number of carbonyl (C=O) groups excluding carboxylic acids is 1. The molecule has 2 saturated heterocycles. The van der Waals surface area contributed by atoms with E-state index >= 15 is 0 Å². The number of halogens is 1. The molecule has 152 valence electrons. The molecule has 1 atom stereocenters. The number of fused-ring (bicyclic) bond motifs is 1. The molecule has 2 aromatic heterocycles. The Morgan fingerprint density at radius 1 is 1.24 bits per heavy atom. The number of amides is 1. The highest BCUT2D eigenvalue weighted by atomic mass is 35.5. The van der Waals surface area contributed by atoms with Crippen LogP contribution in [0.5, 0.6) is 0 Å². The highest BCUT2D eigenvalue weighted by Crippen LogP contribution is 2.39. The van der Waals surface area contributed by atoms with Crippen molar-refractivity contribution >= 4 is 29.2 Å². The summed E-state index contributed by atoms with van der Waals surface area (Å²) in [6.45, 7) is 7.73. The van der Waals surface area contributed by atoms with Gasteiger partial charge in [-0.1, -0.05) is 11.6 Å². The van der Waals surface area contributed by atoms with Crippen LogP contribution in [0.3, 0.4) is 0 Å². The van der Waals surface area contributed by atoms with Crippen LogP contribution in [0.25, 0.3) is 0 Å². The lowest BCUT2D eigenvalue weighted by Crippen LogP contribution is -2.54. The first kappa shape index (κ1) is 18.4. The van der Waals surface area contributed by atoms with Crippen molar-refractivity contribution in [2.45, 2.75) is 39.0 Å². The third-order valence-corrected chi connectivity index (χ3v) is 6.11. The van der Waals surface area contributed by atoms with E-state index in [2.05, 4.69) is 24.8 Å². The van der Waals surface area contributed by atoms with Crippen LogP contribution in [0.1, 0.15) is 36.5 Å². The number of aryl methyl sites for hydroxylation is 1. The first-order chi connectivity index (χ1) is 14.0. The quantitative estimate of drug-likeness (QED) is 0.715. The predicted octanol–water partition coefficient (Wildman–Crippen LogP) is 2.95. The number of hydrogen-bond donors (Lipinski definition) is 0. The molecule has 2 aromatic rings. The molecule has 0 spiro atoms. The smallest absolute Gasteiger partial charge is 0.411 e. The van der Waals surface area contributed by atoms with E-state index in [0.717, 1.165) is 41.7 Å². The maximum Gasteiger partial charge on any atom is 0.411 e. The molecule has 5 rings (SSSR count). The lowest BCUT2D eigenvalue weighted by Gasteiger charge is -2.40. The summed E-state index contributed by atoms with van der Waals surface area (Å²) in [4.78, 5) is 32.3. The van der Waals surface area contributed by atoms with Crippen molar-refractivity contribution in [3.63, 3.8) is 0 Å². The zero-order valence-electron chi connectivity index (χ0n) is 16.5. The van der Waals surface area contributed by atoms with Gasteiger partial charge in [-0.2, -0.15) is 0 Å². The highest BCUT2D eigenvalue weighted by Gasteiger charge is 2.39. The zero-order chi connectivity index (χ0) is 20.1. The number of ether oxygens (including phenoxy) is 1. The first-order valence-electron chi connectivity index (χ1n) is 9.95. The van der Waals surface area contributed by atoms with Gasteiger partial charge < -0.3 is 14.5 Å². The van der Waals surface area contributed by atoms with E-state index in [9.17, 15) is 4.79 Å². The van der Waals surface area contributed by atoms with Crippen LogP contribution in [0, 0.1) is 6.92 Å². The molecule has 9 heteroatoms. The molecule has 0 N–H and O–H groups in total. The van der Waals surface area contributed by atoms with Gasteiger partial charge in [0.15, 0.2) is 0 Å². The molecular formula is C20H23ClN6O2. The van der Waals surface area contributed by atoms with Gasteiger partial charge in [0.1, 0.15) is 22.9 Å². The normalized spacial score (nSPS) is 20.9. The minimum Gasteiger partial charge on any atom is -0.442 e. The van der Waals surface area contributed by atoms with Gasteiger partial charge in [0.25, 0.3) is 0 Å². The maximum absolute atomic E-state index is 12.9. The van der Waals surface area contributed by atoms with Crippen molar-refractivity contribution in [2.75, 3.05) is 36.0 Å². The second kappa shape index (κ2) is 7.02. The summed E-state index contributed by atoms with van der Waals surface area (Å²) in [6, 6.07) is 3.63. The van der Waals surface area contributed by atoms with Crippen molar-refractivity contribution in [3.8, 4) is 0 Å². The fourth-order valence-electron chi connectivity index (χ4n) is 4.14. The van der Waals surface area contributed by atoms with E-state index in [4.69, 9.17) is 16.3 Å². The second-order valence-electron chi connectivity index (χ2n) is 7.85.